The minimum Gasteiger partial charge on any atom is -0.493 e. The average Bonchev–Trinajstić information content (AvgIpc) is 2.62. The van der Waals surface area contributed by atoms with Gasteiger partial charge in [0.1, 0.15) is 5.82 Å². The van der Waals surface area contributed by atoms with Gasteiger partial charge >= 0.3 is 0 Å². The van der Waals surface area contributed by atoms with Gasteiger partial charge in [0.2, 0.25) is 0 Å². The quantitative estimate of drug-likeness (QED) is 0.867. The van der Waals surface area contributed by atoms with Crippen molar-refractivity contribution >= 4 is 17.7 Å². The van der Waals surface area contributed by atoms with E-state index >= 15 is 0 Å². The Hall–Kier alpha value is -2.21. The summed E-state index contributed by atoms with van der Waals surface area (Å²) >= 11 is 1.68. The number of ether oxygens (including phenoxy) is 2. The van der Waals surface area contributed by atoms with Gasteiger partial charge in [0.05, 0.1) is 19.8 Å². The molecule has 132 valence electrons. The highest BCUT2D eigenvalue weighted by Gasteiger charge is 2.23. The zero-order valence-corrected chi connectivity index (χ0v) is 15.0. The van der Waals surface area contributed by atoms with Gasteiger partial charge in [-0.2, -0.15) is 0 Å². The third kappa shape index (κ3) is 3.90. The number of nitrogens with one attached hydrogen (secondary N) is 1. The number of halogens is 1. The van der Waals surface area contributed by atoms with E-state index in [1.165, 1.54) is 19.2 Å². The van der Waals surface area contributed by atoms with Crippen LogP contribution in [0.15, 0.2) is 41.3 Å². The molecule has 2 aromatic rings. The summed E-state index contributed by atoms with van der Waals surface area (Å²) in [6, 6.07) is 9.61. The van der Waals surface area contributed by atoms with E-state index in [9.17, 15) is 9.18 Å². The monoisotopic (exact) mass is 361 g/mol. The van der Waals surface area contributed by atoms with Crippen molar-refractivity contribution in [1.29, 1.82) is 0 Å². The summed E-state index contributed by atoms with van der Waals surface area (Å²) in [4.78, 5) is 13.7. The maximum Gasteiger partial charge on any atom is 0.251 e. The number of methoxy groups -OCH3 is 1. The average molecular weight is 361 g/mol. The largest absolute Gasteiger partial charge is 0.493 e. The van der Waals surface area contributed by atoms with E-state index in [-0.39, 0.29) is 17.8 Å². The Bertz CT molecular complexity index is 781. The van der Waals surface area contributed by atoms with Gasteiger partial charge in [0.15, 0.2) is 11.5 Å². The highest BCUT2D eigenvalue weighted by atomic mass is 32.2. The molecule has 6 heteroatoms. The first-order chi connectivity index (χ1) is 12.1. The number of fused-ring (bicyclic) bond motifs is 1. The number of hydrogen-bond acceptors (Lipinski definition) is 4. The first-order valence-corrected chi connectivity index (χ1v) is 9.15. The van der Waals surface area contributed by atoms with E-state index in [1.807, 2.05) is 6.92 Å². The van der Waals surface area contributed by atoms with E-state index in [2.05, 4.69) is 5.32 Å². The molecule has 0 saturated heterocycles. The maximum absolute atomic E-state index is 13.6. The Morgan fingerprint density at radius 3 is 2.88 bits per heavy atom. The SMILES string of the molecule is CCOc1ccc(C(=O)NC2CCSc3ccc(F)cc32)cc1OC. The smallest absolute Gasteiger partial charge is 0.251 e. The van der Waals surface area contributed by atoms with Crippen LogP contribution in [-0.4, -0.2) is 25.4 Å². The number of hydrogen-bond donors (Lipinski definition) is 1. The minimum absolute atomic E-state index is 0.197. The molecule has 0 aromatic heterocycles. The maximum atomic E-state index is 13.6. The number of benzene rings is 2. The molecular formula is C19H20FNO3S. The van der Waals surface area contributed by atoms with Crippen molar-refractivity contribution in [2.45, 2.75) is 24.3 Å². The van der Waals surface area contributed by atoms with Crippen molar-refractivity contribution in [2.24, 2.45) is 0 Å². The summed E-state index contributed by atoms with van der Waals surface area (Å²) in [5, 5.41) is 3.01. The molecule has 0 fully saturated rings. The van der Waals surface area contributed by atoms with E-state index in [0.29, 0.717) is 23.7 Å². The standard InChI is InChI=1S/C19H20FNO3S/c1-3-24-16-6-4-12(10-17(16)23-2)19(22)21-15-8-9-25-18-7-5-13(20)11-14(15)18/h4-7,10-11,15H,3,8-9H2,1-2H3,(H,21,22). The fourth-order valence-corrected chi connectivity index (χ4v) is 3.95. The lowest BCUT2D eigenvalue weighted by atomic mass is 10.0. The third-order valence-electron chi connectivity index (χ3n) is 4.04. The van der Waals surface area contributed by atoms with Gasteiger partial charge in [0.25, 0.3) is 5.91 Å². The Balaban J connectivity index is 1.80. The molecule has 25 heavy (non-hydrogen) atoms. The molecule has 1 heterocycles. The van der Waals surface area contributed by atoms with Crippen LogP contribution in [-0.2, 0) is 0 Å². The molecule has 3 rings (SSSR count). The summed E-state index contributed by atoms with van der Waals surface area (Å²) in [6.45, 7) is 2.40. The minimum atomic E-state index is -0.289. The van der Waals surface area contributed by atoms with Crippen LogP contribution in [0.1, 0.15) is 35.3 Å². The van der Waals surface area contributed by atoms with Crippen LogP contribution in [0.25, 0.3) is 0 Å². The number of carbonyl (C=O) groups is 1. The topological polar surface area (TPSA) is 47.6 Å². The first kappa shape index (κ1) is 17.6. The summed E-state index contributed by atoms with van der Waals surface area (Å²) < 4.78 is 24.4. The molecule has 1 amide bonds. The first-order valence-electron chi connectivity index (χ1n) is 8.16. The van der Waals surface area contributed by atoms with Crippen LogP contribution in [0.3, 0.4) is 0 Å². The zero-order valence-electron chi connectivity index (χ0n) is 14.2. The summed E-state index contributed by atoms with van der Waals surface area (Å²) in [6.07, 6.45) is 0.765. The Kier molecular flexibility index (Phi) is 5.48. The molecule has 1 N–H and O–H groups in total. The van der Waals surface area contributed by atoms with Gasteiger partial charge in [-0.05, 0) is 55.3 Å². The predicted octanol–water partition coefficient (Wildman–Crippen LogP) is 4.20. The van der Waals surface area contributed by atoms with Gasteiger partial charge in [-0.3, -0.25) is 4.79 Å². The molecule has 1 aliphatic heterocycles. The molecule has 1 atom stereocenters. The summed E-state index contributed by atoms with van der Waals surface area (Å²) in [5.74, 6) is 1.50. The van der Waals surface area contributed by atoms with Crippen molar-refractivity contribution in [2.75, 3.05) is 19.5 Å². The second kappa shape index (κ2) is 7.78. The normalized spacial score (nSPS) is 16.0. The highest BCUT2D eigenvalue weighted by molar-refractivity contribution is 7.99. The lowest BCUT2D eigenvalue weighted by molar-refractivity contribution is 0.0934. The van der Waals surface area contributed by atoms with Crippen LogP contribution in [0.2, 0.25) is 0 Å². The molecule has 1 unspecified atom stereocenters. The van der Waals surface area contributed by atoms with Gasteiger partial charge in [-0.15, -0.1) is 11.8 Å². The Morgan fingerprint density at radius 1 is 1.28 bits per heavy atom. The molecular weight excluding hydrogens is 341 g/mol. The number of thioether (sulfide) groups is 1. The van der Waals surface area contributed by atoms with E-state index in [1.54, 1.807) is 36.0 Å². The summed E-state index contributed by atoms with van der Waals surface area (Å²) in [7, 11) is 1.54. The van der Waals surface area contributed by atoms with E-state index in [0.717, 1.165) is 22.6 Å². The van der Waals surface area contributed by atoms with E-state index < -0.39 is 0 Å². The number of rotatable bonds is 5. The zero-order chi connectivity index (χ0) is 17.8. The van der Waals surface area contributed by atoms with Crippen LogP contribution < -0.4 is 14.8 Å². The lowest BCUT2D eigenvalue weighted by Gasteiger charge is -2.26. The predicted molar refractivity (Wildman–Crippen MR) is 96.1 cm³/mol. The van der Waals surface area contributed by atoms with E-state index in [4.69, 9.17) is 9.47 Å². The molecule has 0 spiro atoms. The van der Waals surface area contributed by atoms with Gasteiger partial charge in [-0.1, -0.05) is 0 Å². The third-order valence-corrected chi connectivity index (χ3v) is 5.16. The number of carbonyl (C=O) groups excluding carboxylic acids is 1. The van der Waals surface area contributed by atoms with Crippen LogP contribution in [0, 0.1) is 5.82 Å². The molecule has 0 saturated carbocycles. The second-order valence-electron chi connectivity index (χ2n) is 5.64. The molecule has 0 bridgehead atoms. The van der Waals surface area contributed by atoms with Crippen molar-refractivity contribution in [1.82, 2.24) is 5.32 Å². The van der Waals surface area contributed by atoms with Crippen LogP contribution >= 0.6 is 11.8 Å². The molecule has 1 aliphatic rings. The van der Waals surface area contributed by atoms with Crippen molar-refractivity contribution in [3.63, 3.8) is 0 Å². The van der Waals surface area contributed by atoms with Crippen LogP contribution in [0.5, 0.6) is 11.5 Å². The second-order valence-corrected chi connectivity index (χ2v) is 6.78. The van der Waals surface area contributed by atoms with Gasteiger partial charge in [-0.25, -0.2) is 4.39 Å². The highest BCUT2D eigenvalue weighted by Crippen LogP contribution is 2.37. The van der Waals surface area contributed by atoms with Crippen LogP contribution in [0.4, 0.5) is 4.39 Å². The Labute approximate surface area is 150 Å². The van der Waals surface area contributed by atoms with Gasteiger partial charge in [0, 0.05) is 16.2 Å². The summed E-state index contributed by atoms with van der Waals surface area (Å²) in [5.41, 5.74) is 1.32. The fourth-order valence-electron chi connectivity index (χ4n) is 2.84. The van der Waals surface area contributed by atoms with Crippen molar-refractivity contribution < 1.29 is 18.7 Å². The van der Waals surface area contributed by atoms with Crippen molar-refractivity contribution in [3.05, 3.63) is 53.3 Å². The Morgan fingerprint density at radius 2 is 2.12 bits per heavy atom. The number of amides is 1. The van der Waals surface area contributed by atoms with Gasteiger partial charge < -0.3 is 14.8 Å². The fraction of sp³-hybridized carbons (Fsp3) is 0.316. The lowest BCUT2D eigenvalue weighted by Crippen LogP contribution is -2.30. The van der Waals surface area contributed by atoms with Crippen molar-refractivity contribution in [3.8, 4) is 11.5 Å². The molecule has 0 aliphatic carbocycles. The molecule has 0 radical (unpaired) electrons. The molecule has 4 nitrogen and oxygen atoms in total. The molecule has 2 aromatic carbocycles.